The number of aromatic nitrogens is 2. The molecule has 21 heavy (non-hydrogen) atoms. The molecule has 1 aromatic carbocycles. The van der Waals surface area contributed by atoms with Gasteiger partial charge in [0.1, 0.15) is 0 Å². The van der Waals surface area contributed by atoms with E-state index in [1.54, 1.807) is 0 Å². The van der Waals surface area contributed by atoms with Crippen molar-refractivity contribution in [3.05, 3.63) is 28.4 Å². The number of halogens is 1. The summed E-state index contributed by atoms with van der Waals surface area (Å²) < 4.78 is 9.40. The van der Waals surface area contributed by atoms with Gasteiger partial charge in [-0.1, -0.05) is 36.7 Å². The van der Waals surface area contributed by atoms with Crippen molar-refractivity contribution in [1.82, 2.24) is 9.78 Å². The van der Waals surface area contributed by atoms with Crippen molar-refractivity contribution in [2.75, 3.05) is 6.61 Å². The summed E-state index contributed by atoms with van der Waals surface area (Å²) in [6, 6.07) is 6.31. The lowest BCUT2D eigenvalue weighted by Gasteiger charge is -2.36. The Labute approximate surface area is 136 Å². The van der Waals surface area contributed by atoms with Gasteiger partial charge in [0, 0.05) is 9.86 Å². The second-order valence-corrected chi connectivity index (χ2v) is 12.8. The van der Waals surface area contributed by atoms with Gasteiger partial charge in [-0.25, -0.2) is 0 Å². The average molecular weight is 369 g/mol. The van der Waals surface area contributed by atoms with Crippen molar-refractivity contribution in [2.45, 2.75) is 52.4 Å². The highest BCUT2D eigenvalue weighted by Gasteiger charge is 2.36. The second kappa shape index (κ2) is 5.86. The summed E-state index contributed by atoms with van der Waals surface area (Å²) in [5, 5.41) is 6.11. The molecule has 1 aromatic heterocycles. The lowest BCUT2D eigenvalue weighted by atomic mass is 10.2. The molecule has 0 saturated heterocycles. The molecule has 3 nitrogen and oxygen atoms in total. The van der Waals surface area contributed by atoms with E-state index in [4.69, 9.17) is 4.43 Å². The van der Waals surface area contributed by atoms with Crippen LogP contribution in [0.4, 0.5) is 0 Å². The maximum absolute atomic E-state index is 6.25. The summed E-state index contributed by atoms with van der Waals surface area (Å²) in [7, 11) is -1.68. The highest BCUT2D eigenvalue weighted by molar-refractivity contribution is 9.10. The molecule has 0 aliphatic carbocycles. The zero-order valence-corrected chi connectivity index (χ0v) is 16.4. The first-order valence-corrected chi connectivity index (χ1v) is 11.1. The van der Waals surface area contributed by atoms with E-state index < -0.39 is 8.32 Å². The molecule has 1 heterocycles. The van der Waals surface area contributed by atoms with Crippen LogP contribution in [0.1, 0.15) is 26.5 Å². The van der Waals surface area contributed by atoms with E-state index >= 15 is 0 Å². The molecule has 0 unspecified atom stereocenters. The van der Waals surface area contributed by atoms with E-state index in [1.165, 1.54) is 10.9 Å². The third-order valence-electron chi connectivity index (χ3n) is 4.47. The van der Waals surface area contributed by atoms with Crippen LogP contribution in [0.15, 0.2) is 22.7 Å². The van der Waals surface area contributed by atoms with Crippen LogP contribution in [-0.4, -0.2) is 24.7 Å². The Bertz CT molecular complexity index is 643. The number of rotatable bonds is 4. The van der Waals surface area contributed by atoms with Gasteiger partial charge in [0.2, 0.25) is 0 Å². The molecule has 0 fully saturated rings. The van der Waals surface area contributed by atoms with Crippen LogP contribution in [0.2, 0.25) is 18.1 Å². The van der Waals surface area contributed by atoms with Gasteiger partial charge in [-0.3, -0.25) is 4.68 Å². The van der Waals surface area contributed by atoms with Crippen molar-refractivity contribution in [2.24, 2.45) is 0 Å². The maximum Gasteiger partial charge on any atom is 0.192 e. The Morgan fingerprint density at radius 3 is 2.57 bits per heavy atom. The molecule has 116 valence electrons. The van der Waals surface area contributed by atoms with Crippen molar-refractivity contribution in [3.8, 4) is 0 Å². The minimum absolute atomic E-state index is 0.248. The molecule has 0 atom stereocenters. The molecule has 0 spiro atoms. The summed E-state index contributed by atoms with van der Waals surface area (Å²) in [6.07, 6.45) is 0. The van der Waals surface area contributed by atoms with Crippen molar-refractivity contribution >= 4 is 35.2 Å². The van der Waals surface area contributed by atoms with Crippen LogP contribution in [0.5, 0.6) is 0 Å². The molecular weight excluding hydrogens is 344 g/mol. The van der Waals surface area contributed by atoms with Gasteiger partial charge in [0.15, 0.2) is 8.32 Å². The Balaban J connectivity index is 2.13. The quantitative estimate of drug-likeness (QED) is 0.699. The normalized spacial score (nSPS) is 13.1. The average Bonchev–Trinajstić information content (AvgIpc) is 2.64. The molecule has 0 bridgehead atoms. The third-order valence-corrected chi connectivity index (χ3v) is 9.50. The Kier molecular flexibility index (Phi) is 4.66. The third kappa shape index (κ3) is 3.58. The van der Waals surface area contributed by atoms with Gasteiger partial charge in [0.25, 0.3) is 0 Å². The Morgan fingerprint density at radius 2 is 1.95 bits per heavy atom. The first-order valence-electron chi connectivity index (χ1n) is 7.38. The Hall–Kier alpha value is -0.653. The van der Waals surface area contributed by atoms with E-state index in [1.807, 2.05) is 0 Å². The molecule has 0 N–H and O–H groups in total. The number of aryl methyl sites for hydroxylation is 1. The topological polar surface area (TPSA) is 27.1 Å². The smallest absolute Gasteiger partial charge is 0.192 e. The van der Waals surface area contributed by atoms with Gasteiger partial charge in [0.05, 0.1) is 24.4 Å². The molecule has 2 rings (SSSR count). The highest BCUT2D eigenvalue weighted by atomic mass is 79.9. The second-order valence-electron chi connectivity index (χ2n) is 7.08. The first-order chi connectivity index (χ1) is 9.62. The lowest BCUT2D eigenvalue weighted by Crippen LogP contribution is -2.41. The molecule has 0 saturated carbocycles. The van der Waals surface area contributed by atoms with Crippen LogP contribution in [0, 0.1) is 6.92 Å². The molecule has 5 heteroatoms. The van der Waals surface area contributed by atoms with Gasteiger partial charge in [-0.05, 0) is 43.3 Å². The van der Waals surface area contributed by atoms with E-state index in [0.717, 1.165) is 23.3 Å². The largest absolute Gasteiger partial charge is 0.415 e. The fourth-order valence-corrected chi connectivity index (χ4v) is 3.47. The summed E-state index contributed by atoms with van der Waals surface area (Å²) in [4.78, 5) is 0. The predicted molar refractivity (Wildman–Crippen MR) is 95.3 cm³/mol. The fourth-order valence-electron chi connectivity index (χ4n) is 2.09. The standard InChI is InChI=1S/C16H25BrN2OSi/c1-12-14-8-7-13(17)11-15(14)19(18-12)9-10-20-21(5,6)16(2,3)4/h7-8,11H,9-10H2,1-6H3. The van der Waals surface area contributed by atoms with Gasteiger partial charge < -0.3 is 4.43 Å². The maximum atomic E-state index is 6.25. The van der Waals surface area contributed by atoms with Gasteiger partial charge in [-0.15, -0.1) is 0 Å². The van der Waals surface area contributed by atoms with E-state index in [-0.39, 0.29) is 5.04 Å². The van der Waals surface area contributed by atoms with E-state index in [2.05, 4.69) is 84.7 Å². The zero-order chi connectivity index (χ0) is 15.8. The lowest BCUT2D eigenvalue weighted by molar-refractivity contribution is 0.268. The summed E-state index contributed by atoms with van der Waals surface area (Å²) in [6.45, 7) is 15.0. The van der Waals surface area contributed by atoms with Crippen LogP contribution in [0.3, 0.4) is 0 Å². The number of fused-ring (bicyclic) bond motifs is 1. The Morgan fingerprint density at radius 1 is 1.29 bits per heavy atom. The van der Waals surface area contributed by atoms with Gasteiger partial charge >= 0.3 is 0 Å². The number of hydrogen-bond acceptors (Lipinski definition) is 2. The first kappa shape index (κ1) is 16.7. The molecule has 2 aromatic rings. The minimum Gasteiger partial charge on any atom is -0.415 e. The van der Waals surface area contributed by atoms with Crippen LogP contribution in [0.25, 0.3) is 10.9 Å². The molecule has 0 amide bonds. The summed E-state index contributed by atoms with van der Waals surface area (Å²) in [5.74, 6) is 0. The highest BCUT2D eigenvalue weighted by Crippen LogP contribution is 2.36. The summed E-state index contributed by atoms with van der Waals surface area (Å²) >= 11 is 3.54. The number of nitrogens with zero attached hydrogens (tertiary/aromatic N) is 2. The van der Waals surface area contributed by atoms with Crippen molar-refractivity contribution in [1.29, 1.82) is 0 Å². The van der Waals surface area contributed by atoms with Crippen molar-refractivity contribution < 1.29 is 4.43 Å². The number of benzene rings is 1. The minimum atomic E-state index is -1.68. The van der Waals surface area contributed by atoms with Crippen molar-refractivity contribution in [3.63, 3.8) is 0 Å². The predicted octanol–water partition coefficient (Wildman–Crippen LogP) is 5.13. The van der Waals surface area contributed by atoms with Crippen LogP contribution >= 0.6 is 15.9 Å². The monoisotopic (exact) mass is 368 g/mol. The number of hydrogen-bond donors (Lipinski definition) is 0. The van der Waals surface area contributed by atoms with Gasteiger partial charge in [-0.2, -0.15) is 5.10 Å². The van der Waals surface area contributed by atoms with Crippen LogP contribution in [-0.2, 0) is 11.0 Å². The zero-order valence-electron chi connectivity index (χ0n) is 13.8. The molecular formula is C16H25BrN2OSi. The fraction of sp³-hybridized carbons (Fsp3) is 0.562. The SMILES string of the molecule is Cc1nn(CCO[Si](C)(C)C(C)(C)C)c2cc(Br)ccc12. The molecule has 0 radical (unpaired) electrons. The molecule has 0 aliphatic rings. The van der Waals surface area contributed by atoms with E-state index in [0.29, 0.717) is 0 Å². The van der Waals surface area contributed by atoms with Crippen LogP contribution < -0.4 is 0 Å². The van der Waals surface area contributed by atoms with E-state index in [9.17, 15) is 0 Å². The molecule has 0 aliphatic heterocycles. The summed E-state index contributed by atoms with van der Waals surface area (Å²) in [5.41, 5.74) is 2.24.